The molecule has 0 amide bonds. The van der Waals surface area contributed by atoms with E-state index in [-0.39, 0.29) is 44.3 Å². The van der Waals surface area contributed by atoms with Crippen LogP contribution in [0.3, 0.4) is 0 Å². The third-order valence-electron chi connectivity index (χ3n) is 15.3. The van der Waals surface area contributed by atoms with Gasteiger partial charge in [-0.05, 0) is 110 Å². The molecule has 3 aromatic carbocycles. The molecule has 4 aromatic heterocycles. The molecule has 2 aliphatic carbocycles. The smallest absolute Gasteiger partial charge is 0.387 e. The third-order valence-corrected chi connectivity index (χ3v) is 18.0. The van der Waals surface area contributed by atoms with Crippen LogP contribution in [0.4, 0.5) is 14.6 Å². The number of rotatable bonds is 19. The lowest BCUT2D eigenvalue weighted by molar-refractivity contribution is -0.0707. The number of hydrogen-bond donors (Lipinski definition) is 6. The molecule has 82 heavy (non-hydrogen) atoms. The fourth-order valence-corrected chi connectivity index (χ4v) is 13.0. The number of aliphatic hydroxyl groups is 2. The van der Waals surface area contributed by atoms with Crippen molar-refractivity contribution in [1.82, 2.24) is 39.4 Å². The minimum absolute atomic E-state index is 0. The molecule has 10 atom stereocenters. The number of benzene rings is 3. The average Bonchev–Trinajstić information content (AvgIpc) is 3.66. The molecule has 7 aromatic rings. The van der Waals surface area contributed by atoms with Crippen molar-refractivity contribution in [3.8, 4) is 12.1 Å². The number of halogens is 2. The van der Waals surface area contributed by atoms with Crippen LogP contribution in [0.2, 0.25) is 0 Å². The van der Waals surface area contributed by atoms with Gasteiger partial charge >= 0.3 is 15.5 Å². The molecule has 2 fully saturated rings. The summed E-state index contributed by atoms with van der Waals surface area (Å²) in [5.41, 5.74) is 5.44. The highest BCUT2D eigenvalue weighted by Crippen LogP contribution is 2.53. The molecule has 7 N–H and O–H groups in total. The summed E-state index contributed by atoms with van der Waals surface area (Å²) >= 11 is 0. The molecule has 0 saturated carbocycles. The summed E-state index contributed by atoms with van der Waals surface area (Å²) in [7, 11) is -8.33. The van der Waals surface area contributed by atoms with Crippen LogP contribution in [0.5, 0.6) is 0 Å². The lowest BCUT2D eigenvalue weighted by Gasteiger charge is -2.30. The Morgan fingerprint density at radius 1 is 0.707 bits per heavy atom. The summed E-state index contributed by atoms with van der Waals surface area (Å²) in [4.78, 5) is 18.3. The number of aliphatic hydroxyl groups excluding tert-OH is 2. The number of hydrogen-bond acceptors (Lipinski definition) is 16. The number of aromatic nitrogens is 6. The Morgan fingerprint density at radius 2 is 1.20 bits per heavy atom. The Labute approximate surface area is 472 Å². The maximum Gasteiger partial charge on any atom is 0.405 e. The minimum Gasteiger partial charge on any atom is -0.387 e. The molecule has 2 unspecified atom stereocenters. The van der Waals surface area contributed by atoms with E-state index in [9.17, 15) is 34.8 Å². The van der Waals surface area contributed by atoms with Crippen LogP contribution in [0.1, 0.15) is 79.0 Å². The first-order valence-electron chi connectivity index (χ1n) is 26.0. The second-order valence-electron chi connectivity index (χ2n) is 20.3. The highest BCUT2D eigenvalue weighted by atomic mass is 31.2. The first-order chi connectivity index (χ1) is 38.8. The number of allylic oxidation sites excluding steroid dienone is 2. The summed E-state index contributed by atoms with van der Waals surface area (Å²) in [6, 6.07) is 35.1. The van der Waals surface area contributed by atoms with Crippen LogP contribution in [-0.4, -0.2) is 106 Å². The Bertz CT molecular complexity index is 3740. The van der Waals surface area contributed by atoms with E-state index in [1.807, 2.05) is 78.9 Å². The van der Waals surface area contributed by atoms with Crippen LogP contribution >= 0.6 is 15.5 Å². The van der Waals surface area contributed by atoms with E-state index in [1.165, 1.54) is 51.0 Å². The number of nitriles is 2. The molecule has 2 aliphatic heterocycles. The lowest BCUT2D eigenvalue weighted by atomic mass is 9.82. The number of anilines is 1. The van der Waals surface area contributed by atoms with E-state index in [4.69, 9.17) is 28.8 Å². The zero-order chi connectivity index (χ0) is 57.4. The zero-order valence-corrected chi connectivity index (χ0v) is 46.1. The summed E-state index contributed by atoms with van der Waals surface area (Å²) in [6.07, 6.45) is 2.97. The van der Waals surface area contributed by atoms with Crippen LogP contribution in [0, 0.1) is 29.6 Å². The normalized spacial score (nSPS) is 26.8. The summed E-state index contributed by atoms with van der Waals surface area (Å²) in [5, 5.41) is 55.8. The Hall–Kier alpha value is -6.92. The lowest BCUT2D eigenvalue weighted by Crippen LogP contribution is -2.48. The van der Waals surface area contributed by atoms with E-state index in [1.54, 1.807) is 13.0 Å². The van der Waals surface area contributed by atoms with Crippen molar-refractivity contribution in [3.05, 3.63) is 173 Å². The van der Waals surface area contributed by atoms with E-state index in [0.717, 1.165) is 54.5 Å². The topological polar surface area (TPSA) is 299 Å². The molecule has 4 aliphatic rings. The molecule has 0 spiro atoms. The molecular weight excluding hydrogens is 1100 g/mol. The standard InChI is InChI=1S/C31H32FN6O5P.C25H27FN5O5P.CH4/c1-30(32)28(39)26(43-31(30,19-33)27-14-13-25-29(34)35-20-36-38(25)27)18-42-44(40,41-17-21-7-3-2-4-8-21)37-16-15-23-12-11-22-9-5-6-10-24(22)23;1-16-20-9-10-22(31(20)29-15-28-16)25(14-27)24(2,26)23(32)21(36-25)13-35-37(33,34)30-12-11-18-8-7-17-5-3-4-6-19(17)18;/h2-10,12-14,20,26,28,39H,11,15-18H2,1H3,(H,37,40)(H2,34,35,36);3-6,8-10,15,21,23,32H,7,11-13H2,1-2H3,(H2,30,33,34);1H4/t26-,28-,30-,31+,44?;21-,23-,24-,25+;/m11./s1. The molecule has 6 heterocycles. The number of ether oxygens (including phenoxy) is 2. The van der Waals surface area contributed by atoms with Crippen molar-refractivity contribution in [2.75, 3.05) is 32.0 Å². The van der Waals surface area contributed by atoms with Crippen molar-refractivity contribution >= 4 is 43.5 Å². The van der Waals surface area contributed by atoms with Crippen molar-refractivity contribution in [2.45, 2.75) is 107 Å². The van der Waals surface area contributed by atoms with E-state index < -0.39 is 75.7 Å². The van der Waals surface area contributed by atoms with Gasteiger partial charge in [-0.1, -0.05) is 98.4 Å². The largest absolute Gasteiger partial charge is 0.405 e. The fraction of sp³-hybridized carbons (Fsp3) is 0.368. The van der Waals surface area contributed by atoms with Crippen molar-refractivity contribution in [2.24, 2.45) is 0 Å². The van der Waals surface area contributed by atoms with Gasteiger partial charge in [-0.25, -0.2) is 47.1 Å². The molecule has 21 nitrogen and oxygen atoms in total. The maximum atomic E-state index is 16.4. The van der Waals surface area contributed by atoms with E-state index in [0.29, 0.717) is 29.6 Å². The molecule has 0 radical (unpaired) electrons. The van der Waals surface area contributed by atoms with Gasteiger partial charge in [0.05, 0.1) is 42.4 Å². The fourth-order valence-electron chi connectivity index (χ4n) is 10.8. The second-order valence-corrected chi connectivity index (χ2v) is 23.8. The number of nitrogen functional groups attached to an aromatic ring is 1. The van der Waals surface area contributed by atoms with Gasteiger partial charge in [0.25, 0.3) is 0 Å². The van der Waals surface area contributed by atoms with E-state index >= 15 is 8.78 Å². The number of aryl methyl sites for hydroxylation is 1. The molecule has 11 rings (SSSR count). The quantitative estimate of drug-likeness (QED) is 0.0417. The Kier molecular flexibility index (Phi) is 17.3. The van der Waals surface area contributed by atoms with Gasteiger partial charge < -0.3 is 30.3 Å². The zero-order valence-electron chi connectivity index (χ0n) is 44.3. The van der Waals surface area contributed by atoms with Gasteiger partial charge in [-0.15, -0.1) is 0 Å². The number of nitrogens with two attached hydrogens (primary N) is 1. The Morgan fingerprint density at radius 3 is 1.76 bits per heavy atom. The van der Waals surface area contributed by atoms with E-state index in [2.05, 4.69) is 54.6 Å². The van der Waals surface area contributed by atoms with Gasteiger partial charge in [-0.3, -0.25) is 13.6 Å². The van der Waals surface area contributed by atoms with Crippen LogP contribution < -0.4 is 15.9 Å². The molecule has 430 valence electrons. The van der Waals surface area contributed by atoms with Crippen LogP contribution in [-0.2, 0) is 62.8 Å². The average molecular weight is 1160 g/mol. The highest BCUT2D eigenvalue weighted by molar-refractivity contribution is 7.51. The van der Waals surface area contributed by atoms with Crippen molar-refractivity contribution < 1.29 is 56.1 Å². The second kappa shape index (κ2) is 23.7. The summed E-state index contributed by atoms with van der Waals surface area (Å²) in [5.74, 6) is 0.123. The SMILES string of the molecule is C.C[C@@]1(F)[C@H](O)[C@@H](COP(=O)(NCCC2=CCc3ccccc32)OCc2ccccc2)O[C@@]1(C#N)c1ccc2c(N)ncnn12.Cc1ncnn2c([C@]3(C#N)O[C@H](COP(=O)(O)NCCC4=CCc5ccccc54)[C@@H](O)[C@@]3(C)F)ccc12. The molecular formula is C57H63F2N11O10P2. The monoisotopic (exact) mass is 1160 g/mol. The van der Waals surface area contributed by atoms with Gasteiger partial charge in [0, 0.05) is 13.1 Å². The van der Waals surface area contributed by atoms with Gasteiger partial charge in [0.15, 0.2) is 17.2 Å². The number of alkyl halides is 2. The predicted molar refractivity (Wildman–Crippen MR) is 299 cm³/mol. The molecule has 2 saturated heterocycles. The first-order valence-corrected chi connectivity index (χ1v) is 29.1. The third kappa shape index (κ3) is 11.1. The van der Waals surface area contributed by atoms with Gasteiger partial charge in [0.1, 0.15) is 54.7 Å². The van der Waals surface area contributed by atoms with Crippen LogP contribution in [0.15, 0.2) is 128 Å². The Balaban J connectivity index is 0.000000198. The molecule has 0 bridgehead atoms. The van der Waals surface area contributed by atoms with Crippen LogP contribution in [0.25, 0.3) is 22.2 Å². The van der Waals surface area contributed by atoms with Crippen molar-refractivity contribution in [1.29, 1.82) is 10.5 Å². The summed E-state index contributed by atoms with van der Waals surface area (Å²) in [6.45, 7) is 3.12. The van der Waals surface area contributed by atoms with Gasteiger partial charge in [-0.2, -0.15) is 20.7 Å². The number of nitrogens with one attached hydrogen (secondary N) is 2. The first kappa shape index (κ1) is 59.7. The highest BCUT2D eigenvalue weighted by Gasteiger charge is 2.68. The predicted octanol–water partition coefficient (Wildman–Crippen LogP) is 8.10. The maximum absolute atomic E-state index is 16.4. The summed E-state index contributed by atoms with van der Waals surface area (Å²) < 4.78 is 90.1. The van der Waals surface area contributed by atoms with Gasteiger partial charge in [0.2, 0.25) is 11.2 Å². The number of fused-ring (bicyclic) bond motifs is 4. The van der Waals surface area contributed by atoms with Crippen molar-refractivity contribution in [3.63, 3.8) is 0 Å². The number of nitrogens with zero attached hydrogens (tertiary/aromatic N) is 8. The minimum atomic E-state index is -4.31. The molecule has 25 heteroatoms.